The summed E-state index contributed by atoms with van der Waals surface area (Å²) in [4.78, 5) is 25.1. The maximum absolute atomic E-state index is 13.6. The number of para-hydroxylation sites is 2. The number of phenolic OH excluding ortho intramolecular Hbond substituents is 1. The third-order valence-electron chi connectivity index (χ3n) is 5.01. The van der Waals surface area contributed by atoms with Crippen LogP contribution in [0.5, 0.6) is 11.5 Å². The second kappa shape index (κ2) is 8.88. The highest BCUT2D eigenvalue weighted by Crippen LogP contribution is 2.53. The Balaban J connectivity index is 2.27. The van der Waals surface area contributed by atoms with Gasteiger partial charge in [-0.25, -0.2) is 4.79 Å². The van der Waals surface area contributed by atoms with E-state index in [0.29, 0.717) is 23.5 Å². The van der Waals surface area contributed by atoms with Crippen molar-refractivity contribution < 1.29 is 24.5 Å². The van der Waals surface area contributed by atoms with E-state index < -0.39 is 20.5 Å². The Kier molecular flexibility index (Phi) is 6.65. The van der Waals surface area contributed by atoms with Gasteiger partial charge in [-0.1, -0.05) is 44.2 Å². The summed E-state index contributed by atoms with van der Waals surface area (Å²) >= 11 is 8.22. The second-order valence-electron chi connectivity index (χ2n) is 7.69. The van der Waals surface area contributed by atoms with Gasteiger partial charge in [-0.05, 0) is 6.07 Å². The van der Waals surface area contributed by atoms with Crippen LogP contribution >= 0.6 is 23.5 Å². The summed E-state index contributed by atoms with van der Waals surface area (Å²) in [5, 5.41) is 18.5. The van der Waals surface area contributed by atoms with Gasteiger partial charge in [0.05, 0.1) is 18.8 Å². The lowest BCUT2D eigenvalue weighted by atomic mass is 10.00. The number of quaternary nitrogens is 1. The van der Waals surface area contributed by atoms with Crippen LogP contribution in [0.2, 0.25) is 0 Å². The fourth-order valence-electron chi connectivity index (χ4n) is 3.87. The van der Waals surface area contributed by atoms with Gasteiger partial charge in [0.2, 0.25) is 0 Å². The monoisotopic (exact) mass is 450 g/mol. The van der Waals surface area contributed by atoms with Crippen molar-refractivity contribution in [2.75, 3.05) is 13.7 Å². The molecule has 6 nitrogen and oxygen atoms in total. The van der Waals surface area contributed by atoms with Gasteiger partial charge in [-0.15, -0.1) is 15.8 Å². The van der Waals surface area contributed by atoms with E-state index in [4.69, 9.17) is 16.5 Å². The van der Waals surface area contributed by atoms with E-state index in [1.54, 1.807) is 6.07 Å². The van der Waals surface area contributed by atoms with Crippen molar-refractivity contribution in [2.45, 2.75) is 30.8 Å². The minimum Gasteiger partial charge on any atom is -0.504 e. The lowest BCUT2D eigenvalue weighted by molar-refractivity contribution is -0.139. The number of carboxylic acid groups (broad SMARTS) is 1. The molecule has 1 heterocycles. The number of carbonyl (C=O) groups excluding carboxylic acids is 1. The van der Waals surface area contributed by atoms with Crippen LogP contribution in [0.4, 0.5) is 5.69 Å². The molecule has 160 valence electrons. The Morgan fingerprint density at radius 3 is 2.50 bits per heavy atom. The van der Waals surface area contributed by atoms with E-state index in [0.717, 1.165) is 5.56 Å². The highest BCUT2D eigenvalue weighted by atomic mass is 35.5. The summed E-state index contributed by atoms with van der Waals surface area (Å²) < 4.78 is 4.95. The second-order valence-corrected chi connectivity index (χ2v) is 9.58. The molecule has 0 fully saturated rings. The molecule has 2 N–H and O–H groups in total. The maximum Gasteiger partial charge on any atom is 0.350 e. The van der Waals surface area contributed by atoms with Crippen molar-refractivity contribution in [1.82, 2.24) is 4.00 Å². The SMILES string of the molecule is COc1c(O)cccc1[C@H]1S[C@H](CC(=O)O)C(=O)[N+](Cl)(CC(C)C)c2ccccc21. The topological polar surface area (TPSA) is 83.8 Å². The zero-order valence-electron chi connectivity index (χ0n) is 17.0. The number of aromatic hydroxyl groups is 1. The first-order chi connectivity index (χ1) is 14.2. The van der Waals surface area contributed by atoms with Crippen LogP contribution in [0.15, 0.2) is 42.5 Å². The van der Waals surface area contributed by atoms with Crippen molar-refractivity contribution in [1.29, 1.82) is 0 Å². The predicted molar refractivity (Wildman–Crippen MR) is 119 cm³/mol. The molecule has 2 aromatic rings. The quantitative estimate of drug-likeness (QED) is 0.619. The summed E-state index contributed by atoms with van der Waals surface area (Å²) in [5.74, 6) is -1.05. The van der Waals surface area contributed by atoms with Gasteiger partial charge in [0.1, 0.15) is 11.8 Å². The first-order valence-electron chi connectivity index (χ1n) is 9.63. The summed E-state index contributed by atoms with van der Waals surface area (Å²) in [6, 6.07) is 12.4. The molecular formula is C22H25ClNO5S+. The van der Waals surface area contributed by atoms with Crippen LogP contribution in [0.1, 0.15) is 36.6 Å². The Bertz CT molecular complexity index is 966. The molecule has 3 rings (SSSR count). The number of hydrogen-bond donors (Lipinski definition) is 2. The Hall–Kier alpha value is -2.22. The number of nitrogens with zero attached hydrogens (tertiary/aromatic N) is 1. The van der Waals surface area contributed by atoms with Gasteiger partial charge in [0.15, 0.2) is 29.0 Å². The molecule has 1 amide bonds. The van der Waals surface area contributed by atoms with Gasteiger partial charge >= 0.3 is 11.9 Å². The molecular weight excluding hydrogens is 426 g/mol. The molecule has 8 heteroatoms. The van der Waals surface area contributed by atoms with Crippen LogP contribution in [0, 0.1) is 5.92 Å². The molecule has 0 bridgehead atoms. The molecule has 1 aliphatic rings. The average molecular weight is 451 g/mol. The fraction of sp³-hybridized carbons (Fsp3) is 0.364. The number of amides is 1. The molecule has 3 atom stereocenters. The Morgan fingerprint density at radius 2 is 1.87 bits per heavy atom. The normalized spacial score (nSPS) is 23.7. The molecule has 0 aliphatic carbocycles. The van der Waals surface area contributed by atoms with E-state index in [-0.39, 0.29) is 24.0 Å². The number of aliphatic carboxylic acids is 1. The van der Waals surface area contributed by atoms with Crippen LogP contribution in [-0.4, -0.2) is 41.0 Å². The largest absolute Gasteiger partial charge is 0.504 e. The minimum absolute atomic E-state index is 0.0211. The number of hydrogen-bond acceptors (Lipinski definition) is 5. The van der Waals surface area contributed by atoms with Crippen LogP contribution < -0.4 is 8.74 Å². The molecule has 0 spiro atoms. The number of carboxylic acids is 1. The Labute approximate surface area is 185 Å². The number of benzene rings is 2. The smallest absolute Gasteiger partial charge is 0.350 e. The Morgan fingerprint density at radius 1 is 1.20 bits per heavy atom. The van der Waals surface area contributed by atoms with Crippen molar-refractivity contribution in [2.24, 2.45) is 5.92 Å². The van der Waals surface area contributed by atoms with Crippen molar-refractivity contribution >= 4 is 41.1 Å². The van der Waals surface area contributed by atoms with Gasteiger partial charge in [-0.3, -0.25) is 4.79 Å². The van der Waals surface area contributed by atoms with E-state index in [1.807, 2.05) is 44.2 Å². The number of thioether (sulfide) groups is 1. The molecule has 30 heavy (non-hydrogen) atoms. The molecule has 0 saturated heterocycles. The average Bonchev–Trinajstić information content (AvgIpc) is 2.76. The molecule has 0 saturated carbocycles. The van der Waals surface area contributed by atoms with Gasteiger partial charge < -0.3 is 14.9 Å². The third kappa shape index (κ3) is 4.15. The number of rotatable bonds is 6. The van der Waals surface area contributed by atoms with Gasteiger partial charge in [0, 0.05) is 23.1 Å². The van der Waals surface area contributed by atoms with Crippen LogP contribution in [0.3, 0.4) is 0 Å². The van der Waals surface area contributed by atoms with E-state index in [1.165, 1.54) is 24.9 Å². The number of carbonyl (C=O) groups is 2. The predicted octanol–water partition coefficient (Wildman–Crippen LogP) is 4.72. The van der Waals surface area contributed by atoms with Crippen molar-refractivity contribution in [3.8, 4) is 11.5 Å². The zero-order chi connectivity index (χ0) is 22.1. The molecule has 1 aliphatic heterocycles. The molecule has 2 aromatic carbocycles. The van der Waals surface area contributed by atoms with Crippen molar-refractivity contribution in [3.05, 3.63) is 53.6 Å². The molecule has 0 radical (unpaired) electrons. The minimum atomic E-state index is -1.07. The number of methoxy groups -OCH3 is 1. The highest BCUT2D eigenvalue weighted by Gasteiger charge is 2.51. The fourth-order valence-corrected chi connectivity index (χ4v) is 6.02. The van der Waals surface area contributed by atoms with Gasteiger partial charge in [-0.2, -0.15) is 0 Å². The zero-order valence-corrected chi connectivity index (χ0v) is 18.6. The number of halogens is 1. The highest BCUT2D eigenvalue weighted by molar-refractivity contribution is 8.01. The van der Waals surface area contributed by atoms with Crippen LogP contribution in [-0.2, 0) is 9.59 Å². The summed E-state index contributed by atoms with van der Waals surface area (Å²) in [5.41, 5.74) is 2.07. The van der Waals surface area contributed by atoms with E-state index in [9.17, 15) is 19.8 Å². The summed E-state index contributed by atoms with van der Waals surface area (Å²) in [6.45, 7) is 4.27. The first kappa shape index (κ1) is 22.5. The maximum atomic E-state index is 13.6. The van der Waals surface area contributed by atoms with Crippen LogP contribution in [0.25, 0.3) is 0 Å². The standard InChI is InChI=1S/C22H24ClNO5S/c1-13(2)12-24(23)16-9-5-4-7-14(16)21(30-18(22(24)28)11-19(26)27)15-8-6-10-17(25)20(15)29-3/h4-10,13,18,21H,11-12H2,1-3H3,(H-,25,26,27)/p+1/t18-,21+,24?/m1/s1. The molecule has 1 unspecified atom stereocenters. The molecule has 0 aromatic heterocycles. The van der Waals surface area contributed by atoms with Crippen molar-refractivity contribution in [3.63, 3.8) is 0 Å². The first-order valence-corrected chi connectivity index (χ1v) is 10.9. The van der Waals surface area contributed by atoms with Gasteiger partial charge in [0.25, 0.3) is 0 Å². The number of ether oxygens (including phenoxy) is 1. The summed E-state index contributed by atoms with van der Waals surface area (Å²) in [7, 11) is 1.46. The lowest BCUT2D eigenvalue weighted by Gasteiger charge is -2.29. The third-order valence-corrected chi connectivity index (χ3v) is 6.98. The number of phenols is 1. The summed E-state index contributed by atoms with van der Waals surface area (Å²) in [6.07, 6.45) is -0.347. The number of fused-ring (bicyclic) bond motifs is 1. The lowest BCUT2D eigenvalue weighted by Crippen LogP contribution is -2.51. The van der Waals surface area contributed by atoms with E-state index >= 15 is 0 Å². The van der Waals surface area contributed by atoms with E-state index in [2.05, 4.69) is 0 Å².